The summed E-state index contributed by atoms with van der Waals surface area (Å²) in [7, 11) is 0. The number of fused-ring (bicyclic) bond motifs is 1. The third kappa shape index (κ3) is 3.97. The number of halogens is 2. The highest BCUT2D eigenvalue weighted by Gasteiger charge is 2.36. The van der Waals surface area contributed by atoms with Crippen molar-refractivity contribution in [2.24, 2.45) is 0 Å². The molecule has 2 aromatic heterocycles. The number of benzene rings is 2. The normalized spacial score (nSPS) is 15.1. The van der Waals surface area contributed by atoms with Crippen LogP contribution in [0.1, 0.15) is 18.5 Å². The standard InChI is InChI=1S/C24H18Cl2N6O/c1-14-19(23(33)29-16-6-3-2-4-7-16)21(17-8-5-9-18(25)20(17)26)32-24(28-14)30-22(31-32)15-10-12-27-13-11-15/h2-13,21H,1H3,(H,29,33)(H,28,30,31). The number of pyridine rings is 1. The summed E-state index contributed by atoms with van der Waals surface area (Å²) >= 11 is 13.0. The predicted octanol–water partition coefficient (Wildman–Crippen LogP) is 5.57. The summed E-state index contributed by atoms with van der Waals surface area (Å²) in [6.45, 7) is 1.83. The molecule has 1 aliphatic rings. The van der Waals surface area contributed by atoms with Gasteiger partial charge < -0.3 is 10.6 Å². The number of amides is 1. The van der Waals surface area contributed by atoms with Gasteiger partial charge in [0.1, 0.15) is 6.04 Å². The van der Waals surface area contributed by atoms with Crippen molar-refractivity contribution >= 4 is 40.7 Å². The molecule has 1 aliphatic heterocycles. The zero-order chi connectivity index (χ0) is 22.9. The number of carbonyl (C=O) groups excluding carboxylic acids is 1. The fourth-order valence-electron chi connectivity index (χ4n) is 3.81. The Balaban J connectivity index is 1.65. The Morgan fingerprint density at radius 1 is 1.03 bits per heavy atom. The van der Waals surface area contributed by atoms with E-state index in [1.807, 2.05) is 55.5 Å². The molecule has 0 saturated carbocycles. The van der Waals surface area contributed by atoms with Crippen molar-refractivity contribution in [1.29, 1.82) is 0 Å². The van der Waals surface area contributed by atoms with Gasteiger partial charge in [-0.15, -0.1) is 5.10 Å². The summed E-state index contributed by atoms with van der Waals surface area (Å²) in [6, 6.07) is 17.6. The molecule has 0 bridgehead atoms. The van der Waals surface area contributed by atoms with Gasteiger partial charge in [0, 0.05) is 34.9 Å². The van der Waals surface area contributed by atoms with Crippen LogP contribution in [0.15, 0.2) is 84.3 Å². The molecule has 2 aromatic carbocycles. The van der Waals surface area contributed by atoms with Crippen LogP contribution >= 0.6 is 23.2 Å². The van der Waals surface area contributed by atoms with Crippen LogP contribution in [-0.4, -0.2) is 25.7 Å². The van der Waals surface area contributed by atoms with Crippen LogP contribution in [0.2, 0.25) is 10.0 Å². The Hall–Kier alpha value is -3.68. The Labute approximate surface area is 200 Å². The van der Waals surface area contributed by atoms with Crippen LogP contribution in [0.3, 0.4) is 0 Å². The summed E-state index contributed by atoms with van der Waals surface area (Å²) in [5.74, 6) is 0.719. The first-order chi connectivity index (χ1) is 16.0. The van der Waals surface area contributed by atoms with Gasteiger partial charge in [-0.2, -0.15) is 4.98 Å². The highest BCUT2D eigenvalue weighted by Crippen LogP contribution is 2.41. The average molecular weight is 477 g/mol. The monoisotopic (exact) mass is 476 g/mol. The van der Waals surface area contributed by atoms with E-state index in [1.54, 1.807) is 29.2 Å². The summed E-state index contributed by atoms with van der Waals surface area (Å²) in [5, 5.41) is 11.7. The van der Waals surface area contributed by atoms with E-state index in [-0.39, 0.29) is 5.91 Å². The van der Waals surface area contributed by atoms with E-state index in [9.17, 15) is 4.79 Å². The minimum absolute atomic E-state index is 0.279. The molecule has 3 heterocycles. The molecule has 1 atom stereocenters. The number of anilines is 2. The summed E-state index contributed by atoms with van der Waals surface area (Å²) in [6.07, 6.45) is 3.35. The maximum absolute atomic E-state index is 13.5. The molecule has 0 spiro atoms. The summed E-state index contributed by atoms with van der Waals surface area (Å²) in [5.41, 5.74) is 3.24. The second-order valence-corrected chi connectivity index (χ2v) is 8.25. The first kappa shape index (κ1) is 21.2. The van der Waals surface area contributed by atoms with Crippen molar-refractivity contribution < 1.29 is 4.79 Å². The van der Waals surface area contributed by atoms with Crippen molar-refractivity contribution in [2.75, 3.05) is 10.6 Å². The number of hydrogen-bond donors (Lipinski definition) is 2. The smallest absolute Gasteiger partial charge is 0.255 e. The molecule has 0 radical (unpaired) electrons. The fourth-order valence-corrected chi connectivity index (χ4v) is 4.22. The molecule has 33 heavy (non-hydrogen) atoms. The fraction of sp³-hybridized carbons (Fsp3) is 0.0833. The molecule has 2 N–H and O–H groups in total. The molecular weight excluding hydrogens is 459 g/mol. The van der Waals surface area contributed by atoms with E-state index in [1.165, 1.54) is 0 Å². The zero-order valence-electron chi connectivity index (χ0n) is 17.5. The Bertz CT molecular complexity index is 1370. The van der Waals surface area contributed by atoms with E-state index in [0.29, 0.717) is 44.3 Å². The first-order valence-electron chi connectivity index (χ1n) is 10.2. The van der Waals surface area contributed by atoms with E-state index in [0.717, 1.165) is 5.56 Å². The van der Waals surface area contributed by atoms with Gasteiger partial charge in [0.15, 0.2) is 5.82 Å². The molecule has 1 amide bonds. The predicted molar refractivity (Wildman–Crippen MR) is 129 cm³/mol. The van der Waals surface area contributed by atoms with Crippen LogP contribution in [-0.2, 0) is 4.79 Å². The molecule has 0 saturated heterocycles. The number of aromatic nitrogens is 4. The maximum Gasteiger partial charge on any atom is 0.255 e. The molecule has 1 unspecified atom stereocenters. The number of nitrogens with zero attached hydrogens (tertiary/aromatic N) is 4. The van der Waals surface area contributed by atoms with Crippen LogP contribution in [0.5, 0.6) is 0 Å². The highest BCUT2D eigenvalue weighted by molar-refractivity contribution is 6.42. The number of carbonyl (C=O) groups is 1. The average Bonchev–Trinajstić information content (AvgIpc) is 3.25. The molecule has 7 nitrogen and oxygen atoms in total. The minimum Gasteiger partial charge on any atom is -0.328 e. The van der Waals surface area contributed by atoms with Crippen molar-refractivity contribution in [3.8, 4) is 11.4 Å². The van der Waals surface area contributed by atoms with E-state index in [4.69, 9.17) is 28.3 Å². The SMILES string of the molecule is CC1=C(C(=O)Nc2ccccc2)C(c2cccc(Cl)c2Cl)n2nc(-c3ccncc3)nc2N1. The van der Waals surface area contributed by atoms with Crippen LogP contribution in [0.25, 0.3) is 11.4 Å². The maximum atomic E-state index is 13.5. The van der Waals surface area contributed by atoms with Crippen LogP contribution < -0.4 is 10.6 Å². The molecule has 4 aromatic rings. The number of para-hydroxylation sites is 1. The molecular formula is C24H18Cl2N6O. The van der Waals surface area contributed by atoms with Gasteiger partial charge in [-0.1, -0.05) is 53.5 Å². The van der Waals surface area contributed by atoms with Crippen molar-refractivity contribution in [2.45, 2.75) is 13.0 Å². The Morgan fingerprint density at radius 3 is 2.55 bits per heavy atom. The summed E-state index contributed by atoms with van der Waals surface area (Å²) < 4.78 is 1.67. The molecule has 9 heteroatoms. The second-order valence-electron chi connectivity index (χ2n) is 7.47. The molecule has 0 fully saturated rings. The van der Waals surface area contributed by atoms with Gasteiger partial charge in [0.2, 0.25) is 5.95 Å². The Morgan fingerprint density at radius 2 is 1.79 bits per heavy atom. The van der Waals surface area contributed by atoms with Gasteiger partial charge in [0.05, 0.1) is 15.6 Å². The van der Waals surface area contributed by atoms with Crippen LogP contribution in [0.4, 0.5) is 11.6 Å². The number of rotatable bonds is 4. The zero-order valence-corrected chi connectivity index (χ0v) is 19.0. The van der Waals surface area contributed by atoms with E-state index >= 15 is 0 Å². The number of hydrogen-bond acceptors (Lipinski definition) is 5. The lowest BCUT2D eigenvalue weighted by Gasteiger charge is -2.29. The van der Waals surface area contributed by atoms with Crippen molar-refractivity contribution in [3.05, 3.63) is 99.9 Å². The number of allylic oxidation sites excluding steroid dienone is 1. The lowest BCUT2D eigenvalue weighted by atomic mass is 9.95. The van der Waals surface area contributed by atoms with Crippen LogP contribution in [0, 0.1) is 0 Å². The number of nitrogens with one attached hydrogen (secondary N) is 2. The third-order valence-electron chi connectivity index (χ3n) is 5.34. The van der Waals surface area contributed by atoms with Gasteiger partial charge in [0.25, 0.3) is 5.91 Å². The topological polar surface area (TPSA) is 84.7 Å². The highest BCUT2D eigenvalue weighted by atomic mass is 35.5. The van der Waals surface area contributed by atoms with E-state index in [2.05, 4.69) is 20.6 Å². The Kier molecular flexibility index (Phi) is 5.58. The van der Waals surface area contributed by atoms with Gasteiger partial charge in [-0.05, 0) is 37.3 Å². The van der Waals surface area contributed by atoms with Crippen molar-refractivity contribution in [1.82, 2.24) is 19.7 Å². The van der Waals surface area contributed by atoms with Crippen molar-refractivity contribution in [3.63, 3.8) is 0 Å². The minimum atomic E-state index is -0.640. The first-order valence-corrected chi connectivity index (χ1v) is 10.9. The lowest BCUT2D eigenvalue weighted by molar-refractivity contribution is -0.113. The van der Waals surface area contributed by atoms with E-state index < -0.39 is 6.04 Å². The third-order valence-corrected chi connectivity index (χ3v) is 6.18. The largest absolute Gasteiger partial charge is 0.328 e. The van der Waals surface area contributed by atoms with Gasteiger partial charge in [-0.3, -0.25) is 9.78 Å². The lowest BCUT2D eigenvalue weighted by Crippen LogP contribution is -2.31. The molecule has 5 rings (SSSR count). The van der Waals surface area contributed by atoms with Gasteiger partial charge in [-0.25, -0.2) is 4.68 Å². The van der Waals surface area contributed by atoms with Gasteiger partial charge >= 0.3 is 0 Å². The second kappa shape index (κ2) is 8.69. The quantitative estimate of drug-likeness (QED) is 0.401. The molecule has 164 valence electrons. The summed E-state index contributed by atoms with van der Waals surface area (Å²) in [4.78, 5) is 22.2. The molecule has 0 aliphatic carbocycles.